The Labute approximate surface area is 185 Å². The summed E-state index contributed by atoms with van der Waals surface area (Å²) in [6, 6.07) is 8.77. The van der Waals surface area contributed by atoms with Crippen molar-refractivity contribution in [1.29, 1.82) is 0 Å². The van der Waals surface area contributed by atoms with E-state index in [0.717, 1.165) is 18.7 Å². The highest BCUT2D eigenvalue weighted by atomic mass is 19.3. The van der Waals surface area contributed by atoms with Crippen molar-refractivity contribution in [2.75, 3.05) is 26.7 Å². The Bertz CT molecular complexity index is 943. The van der Waals surface area contributed by atoms with Crippen LogP contribution in [-0.2, 0) is 17.9 Å². The molecule has 0 bridgehead atoms. The van der Waals surface area contributed by atoms with Crippen LogP contribution in [0.25, 0.3) is 0 Å². The fraction of sp³-hybridized carbons (Fsp3) is 0.545. The maximum Gasteiger partial charge on any atom is 0.273 e. The van der Waals surface area contributed by atoms with Crippen molar-refractivity contribution >= 4 is 11.8 Å². The first-order valence-electron chi connectivity index (χ1n) is 10.9. The van der Waals surface area contributed by atoms with Gasteiger partial charge in [0, 0.05) is 18.9 Å². The molecule has 2 aliphatic heterocycles. The number of hydrogen-bond acceptors (Lipinski definition) is 5. The van der Waals surface area contributed by atoms with Crippen LogP contribution >= 0.6 is 0 Å². The van der Waals surface area contributed by atoms with Gasteiger partial charge in [-0.25, -0.2) is 13.5 Å². The highest BCUT2D eigenvalue weighted by Crippen LogP contribution is 2.35. The summed E-state index contributed by atoms with van der Waals surface area (Å²) < 4.78 is 29.8. The molecular weight excluding hydrogens is 418 g/mol. The Hall–Kier alpha value is -2.88. The highest BCUT2D eigenvalue weighted by Gasteiger charge is 2.48. The first-order valence-corrected chi connectivity index (χ1v) is 10.9. The molecule has 2 fully saturated rings. The predicted molar refractivity (Wildman–Crippen MR) is 113 cm³/mol. The number of aromatic nitrogens is 3. The molecule has 3 heterocycles. The quantitative estimate of drug-likeness (QED) is 0.732. The number of hydrogen-bond donors (Lipinski definition) is 1. The number of likely N-dealkylation sites (tertiary alicyclic amines) is 2. The van der Waals surface area contributed by atoms with Gasteiger partial charge in [-0.1, -0.05) is 35.5 Å². The molecule has 2 aliphatic rings. The lowest BCUT2D eigenvalue weighted by atomic mass is 9.95. The highest BCUT2D eigenvalue weighted by molar-refractivity contribution is 5.91. The third-order valence-corrected chi connectivity index (χ3v) is 6.19. The van der Waals surface area contributed by atoms with E-state index in [4.69, 9.17) is 0 Å². The summed E-state index contributed by atoms with van der Waals surface area (Å²) in [6.45, 7) is 1.43. The van der Waals surface area contributed by atoms with Gasteiger partial charge in [0.1, 0.15) is 0 Å². The third-order valence-electron chi connectivity index (χ3n) is 6.19. The molecule has 4 rings (SSSR count). The van der Waals surface area contributed by atoms with Crippen LogP contribution in [0.5, 0.6) is 0 Å². The fourth-order valence-corrected chi connectivity index (χ4v) is 4.39. The third kappa shape index (κ3) is 5.29. The second-order valence-electron chi connectivity index (χ2n) is 8.75. The van der Waals surface area contributed by atoms with Gasteiger partial charge in [-0.2, -0.15) is 0 Å². The number of benzene rings is 1. The van der Waals surface area contributed by atoms with Crippen molar-refractivity contribution in [3.63, 3.8) is 0 Å². The van der Waals surface area contributed by atoms with E-state index in [0.29, 0.717) is 19.4 Å². The zero-order valence-electron chi connectivity index (χ0n) is 18.1. The number of amides is 2. The van der Waals surface area contributed by atoms with Crippen LogP contribution in [0.15, 0.2) is 36.5 Å². The largest absolute Gasteiger partial charge is 0.347 e. The Morgan fingerprint density at radius 1 is 1.19 bits per heavy atom. The smallest absolute Gasteiger partial charge is 0.273 e. The molecule has 172 valence electrons. The molecule has 2 aromatic rings. The minimum absolute atomic E-state index is 0.0763. The SMILES string of the molecule is CN1CCC(C(=O)N2CC(F)(F)C[C@H]2Cn2cc(C(=O)NCc3ccccc3)nn2)CC1. The van der Waals surface area contributed by atoms with Gasteiger partial charge in [-0.05, 0) is 38.5 Å². The van der Waals surface area contributed by atoms with Crippen LogP contribution in [-0.4, -0.2) is 75.3 Å². The standard InChI is InChI=1S/C22H28F2N6O2/c1-28-9-7-17(8-10-28)21(32)30-15-22(23,24)11-18(30)13-29-14-19(26-27-29)20(31)25-12-16-5-3-2-4-6-16/h2-6,14,17-18H,7-13,15H2,1H3,(H,25,31)/t18-/m0/s1. The lowest BCUT2D eigenvalue weighted by molar-refractivity contribution is -0.139. The van der Waals surface area contributed by atoms with Gasteiger partial charge < -0.3 is 15.1 Å². The molecule has 0 saturated carbocycles. The van der Waals surface area contributed by atoms with Crippen LogP contribution in [0, 0.1) is 5.92 Å². The normalized spacial score (nSPS) is 21.6. The maximum absolute atomic E-state index is 14.2. The molecule has 2 amide bonds. The molecule has 1 aromatic heterocycles. The summed E-state index contributed by atoms with van der Waals surface area (Å²) >= 11 is 0. The average molecular weight is 447 g/mol. The Morgan fingerprint density at radius 3 is 2.62 bits per heavy atom. The van der Waals surface area contributed by atoms with Crippen LogP contribution in [0.4, 0.5) is 8.78 Å². The van der Waals surface area contributed by atoms with Gasteiger partial charge in [0.2, 0.25) is 5.91 Å². The van der Waals surface area contributed by atoms with E-state index in [-0.39, 0.29) is 24.1 Å². The van der Waals surface area contributed by atoms with Crippen LogP contribution < -0.4 is 5.32 Å². The van der Waals surface area contributed by atoms with Crippen molar-refractivity contribution < 1.29 is 18.4 Å². The van der Waals surface area contributed by atoms with Gasteiger partial charge in [-0.15, -0.1) is 5.10 Å². The zero-order chi connectivity index (χ0) is 22.7. The first-order chi connectivity index (χ1) is 15.3. The molecule has 0 radical (unpaired) electrons. The van der Waals surface area contributed by atoms with Crippen molar-refractivity contribution in [2.45, 2.75) is 44.3 Å². The Kier molecular flexibility index (Phi) is 6.50. The molecule has 0 aliphatic carbocycles. The minimum Gasteiger partial charge on any atom is -0.347 e. The Morgan fingerprint density at radius 2 is 1.91 bits per heavy atom. The number of piperidine rings is 1. The lowest BCUT2D eigenvalue weighted by Crippen LogP contribution is -2.45. The summed E-state index contributed by atoms with van der Waals surface area (Å²) in [5.74, 6) is -3.75. The number of halogens is 2. The topological polar surface area (TPSA) is 83.4 Å². The fourth-order valence-electron chi connectivity index (χ4n) is 4.39. The van der Waals surface area contributed by atoms with Crippen molar-refractivity contribution in [3.05, 3.63) is 47.8 Å². The van der Waals surface area contributed by atoms with E-state index < -0.39 is 30.8 Å². The van der Waals surface area contributed by atoms with Crippen LogP contribution in [0.3, 0.4) is 0 Å². The summed E-state index contributed by atoms with van der Waals surface area (Å²) in [7, 11) is 1.99. The monoisotopic (exact) mass is 446 g/mol. The number of carbonyl (C=O) groups is 2. The second kappa shape index (κ2) is 9.32. The first kappa shape index (κ1) is 22.3. The second-order valence-corrected chi connectivity index (χ2v) is 8.75. The summed E-state index contributed by atoms with van der Waals surface area (Å²) in [6.07, 6.45) is 2.38. The summed E-state index contributed by atoms with van der Waals surface area (Å²) in [5.41, 5.74) is 1.06. The molecule has 0 unspecified atom stereocenters. The molecule has 1 atom stereocenters. The van der Waals surface area contributed by atoms with E-state index in [2.05, 4.69) is 20.5 Å². The number of nitrogens with one attached hydrogen (secondary N) is 1. The number of carbonyl (C=O) groups excluding carboxylic acids is 2. The van der Waals surface area contributed by atoms with E-state index >= 15 is 0 Å². The Balaban J connectivity index is 1.38. The molecule has 2 saturated heterocycles. The number of nitrogens with zero attached hydrogens (tertiary/aromatic N) is 5. The molecular formula is C22H28F2N6O2. The molecule has 10 heteroatoms. The predicted octanol–water partition coefficient (Wildman–Crippen LogP) is 1.79. The van der Waals surface area contributed by atoms with Crippen LogP contribution in [0.2, 0.25) is 0 Å². The number of alkyl halides is 2. The van der Waals surface area contributed by atoms with Gasteiger partial charge in [0.15, 0.2) is 5.69 Å². The molecule has 0 spiro atoms. The molecule has 1 N–H and O–H groups in total. The van der Waals surface area contributed by atoms with E-state index in [9.17, 15) is 18.4 Å². The maximum atomic E-state index is 14.2. The van der Waals surface area contributed by atoms with Crippen molar-refractivity contribution in [3.8, 4) is 0 Å². The number of rotatable bonds is 6. The molecule has 32 heavy (non-hydrogen) atoms. The summed E-state index contributed by atoms with van der Waals surface area (Å²) in [5, 5.41) is 10.6. The van der Waals surface area contributed by atoms with Crippen molar-refractivity contribution in [2.24, 2.45) is 5.92 Å². The molecule has 1 aromatic carbocycles. The van der Waals surface area contributed by atoms with Gasteiger partial charge >= 0.3 is 0 Å². The zero-order valence-corrected chi connectivity index (χ0v) is 18.1. The lowest BCUT2D eigenvalue weighted by Gasteiger charge is -2.33. The van der Waals surface area contributed by atoms with Crippen LogP contribution in [0.1, 0.15) is 35.3 Å². The summed E-state index contributed by atoms with van der Waals surface area (Å²) in [4.78, 5) is 28.8. The van der Waals surface area contributed by atoms with Gasteiger partial charge in [0.05, 0.1) is 25.3 Å². The van der Waals surface area contributed by atoms with E-state index in [1.165, 1.54) is 15.8 Å². The molecule has 8 nitrogen and oxygen atoms in total. The van der Waals surface area contributed by atoms with Crippen molar-refractivity contribution in [1.82, 2.24) is 30.1 Å². The minimum atomic E-state index is -2.93. The average Bonchev–Trinajstić information content (AvgIpc) is 3.36. The van der Waals surface area contributed by atoms with Gasteiger partial charge in [-0.3, -0.25) is 9.59 Å². The van der Waals surface area contributed by atoms with E-state index in [1.807, 2.05) is 37.4 Å². The van der Waals surface area contributed by atoms with Gasteiger partial charge in [0.25, 0.3) is 11.8 Å². The van der Waals surface area contributed by atoms with E-state index in [1.54, 1.807) is 0 Å².